The van der Waals surface area contributed by atoms with E-state index in [0.29, 0.717) is 12.2 Å². The molecule has 1 atom stereocenters. The quantitative estimate of drug-likeness (QED) is 0.609. The summed E-state index contributed by atoms with van der Waals surface area (Å²) in [5.74, 6) is 0.509. The van der Waals surface area contributed by atoms with E-state index in [1.54, 1.807) is 0 Å². The number of ether oxygens (including phenoxy) is 1. The molecule has 0 aliphatic carbocycles. The van der Waals surface area contributed by atoms with E-state index in [9.17, 15) is 4.79 Å². The van der Waals surface area contributed by atoms with Gasteiger partial charge in [-0.2, -0.15) is 0 Å². The number of likely N-dealkylation sites (tertiary alicyclic amines) is 1. The first kappa shape index (κ1) is 15.0. The third kappa shape index (κ3) is 3.21. The minimum absolute atomic E-state index is 0.171. The lowest BCUT2D eigenvalue weighted by Crippen LogP contribution is -2.29. The summed E-state index contributed by atoms with van der Waals surface area (Å²) in [7, 11) is 2.18. The SMILES string of the molecule is CCCC1(c2cccc(OC(=O)CC)c2)CCN(C)C1. The van der Waals surface area contributed by atoms with Crippen molar-refractivity contribution in [3.8, 4) is 5.75 Å². The van der Waals surface area contributed by atoms with Crippen LogP contribution >= 0.6 is 0 Å². The minimum Gasteiger partial charge on any atom is -0.427 e. The van der Waals surface area contributed by atoms with Crippen molar-refractivity contribution < 1.29 is 9.53 Å². The summed E-state index contributed by atoms with van der Waals surface area (Å²) in [4.78, 5) is 13.8. The standard InChI is InChI=1S/C17H25NO2/c1-4-9-17(10-11-18(3)13-17)14-7-6-8-15(12-14)20-16(19)5-2/h6-8,12H,4-5,9-11,13H2,1-3H3. The molecule has 0 aromatic heterocycles. The maximum atomic E-state index is 11.4. The molecule has 0 N–H and O–H groups in total. The van der Waals surface area contributed by atoms with Gasteiger partial charge in [0.25, 0.3) is 0 Å². The first-order valence-corrected chi connectivity index (χ1v) is 7.59. The van der Waals surface area contributed by atoms with Gasteiger partial charge in [-0.25, -0.2) is 0 Å². The van der Waals surface area contributed by atoms with Gasteiger partial charge in [0, 0.05) is 18.4 Å². The highest BCUT2D eigenvalue weighted by molar-refractivity contribution is 5.72. The van der Waals surface area contributed by atoms with Crippen LogP contribution in [0.3, 0.4) is 0 Å². The van der Waals surface area contributed by atoms with E-state index in [0.717, 1.165) is 13.1 Å². The maximum absolute atomic E-state index is 11.4. The highest BCUT2D eigenvalue weighted by Gasteiger charge is 2.37. The van der Waals surface area contributed by atoms with Gasteiger partial charge >= 0.3 is 5.97 Å². The van der Waals surface area contributed by atoms with Crippen LogP contribution in [0.15, 0.2) is 24.3 Å². The Morgan fingerprint density at radius 3 is 2.80 bits per heavy atom. The van der Waals surface area contributed by atoms with Crippen molar-refractivity contribution in [2.75, 3.05) is 20.1 Å². The molecule has 1 unspecified atom stereocenters. The number of likely N-dealkylation sites (N-methyl/N-ethyl adjacent to an activating group) is 1. The van der Waals surface area contributed by atoms with E-state index in [1.807, 2.05) is 19.1 Å². The first-order chi connectivity index (χ1) is 9.59. The second-order valence-corrected chi connectivity index (χ2v) is 5.87. The smallest absolute Gasteiger partial charge is 0.310 e. The molecular weight excluding hydrogens is 250 g/mol. The predicted octanol–water partition coefficient (Wildman–Crippen LogP) is 3.38. The predicted molar refractivity (Wildman–Crippen MR) is 81.1 cm³/mol. The Kier molecular flexibility index (Phi) is 4.81. The van der Waals surface area contributed by atoms with Crippen LogP contribution in [-0.2, 0) is 10.2 Å². The number of benzene rings is 1. The van der Waals surface area contributed by atoms with Crippen molar-refractivity contribution in [1.29, 1.82) is 0 Å². The molecule has 1 heterocycles. The van der Waals surface area contributed by atoms with Crippen LogP contribution in [-0.4, -0.2) is 31.0 Å². The van der Waals surface area contributed by atoms with Crippen molar-refractivity contribution in [3.05, 3.63) is 29.8 Å². The molecule has 0 spiro atoms. The summed E-state index contributed by atoms with van der Waals surface area (Å²) >= 11 is 0. The Morgan fingerprint density at radius 2 is 2.20 bits per heavy atom. The summed E-state index contributed by atoms with van der Waals surface area (Å²) in [5, 5.41) is 0. The molecule has 110 valence electrons. The molecule has 20 heavy (non-hydrogen) atoms. The lowest BCUT2D eigenvalue weighted by atomic mass is 9.76. The molecule has 1 saturated heterocycles. The molecule has 2 rings (SSSR count). The fourth-order valence-electron chi connectivity index (χ4n) is 3.24. The van der Waals surface area contributed by atoms with Gasteiger partial charge < -0.3 is 9.64 Å². The molecule has 0 radical (unpaired) electrons. The van der Waals surface area contributed by atoms with Crippen LogP contribution in [0, 0.1) is 0 Å². The van der Waals surface area contributed by atoms with Crippen molar-refractivity contribution in [1.82, 2.24) is 4.90 Å². The van der Waals surface area contributed by atoms with Gasteiger partial charge in [0.15, 0.2) is 0 Å². The Morgan fingerprint density at radius 1 is 1.40 bits per heavy atom. The van der Waals surface area contributed by atoms with Crippen LogP contribution in [0.4, 0.5) is 0 Å². The van der Waals surface area contributed by atoms with E-state index in [4.69, 9.17) is 4.74 Å². The molecule has 1 aliphatic rings. The van der Waals surface area contributed by atoms with E-state index < -0.39 is 0 Å². The largest absolute Gasteiger partial charge is 0.427 e. The van der Waals surface area contributed by atoms with Crippen molar-refractivity contribution >= 4 is 5.97 Å². The normalized spacial score (nSPS) is 22.9. The van der Waals surface area contributed by atoms with Gasteiger partial charge in [0.1, 0.15) is 5.75 Å². The molecule has 0 saturated carbocycles. The second kappa shape index (κ2) is 6.40. The van der Waals surface area contributed by atoms with Crippen molar-refractivity contribution in [2.24, 2.45) is 0 Å². The van der Waals surface area contributed by atoms with E-state index in [2.05, 4.69) is 31.0 Å². The highest BCUT2D eigenvalue weighted by atomic mass is 16.5. The zero-order chi connectivity index (χ0) is 14.6. The molecule has 0 amide bonds. The van der Waals surface area contributed by atoms with E-state index in [1.165, 1.54) is 24.8 Å². The van der Waals surface area contributed by atoms with Gasteiger partial charge in [-0.05, 0) is 44.1 Å². The van der Waals surface area contributed by atoms with Crippen LogP contribution in [0.1, 0.15) is 45.1 Å². The lowest BCUT2D eigenvalue weighted by Gasteiger charge is -2.29. The summed E-state index contributed by atoms with van der Waals surface area (Å²) in [6.07, 6.45) is 3.95. The molecule has 1 fully saturated rings. The van der Waals surface area contributed by atoms with Gasteiger partial charge in [0.2, 0.25) is 0 Å². The first-order valence-electron chi connectivity index (χ1n) is 7.59. The number of nitrogens with zero attached hydrogens (tertiary/aromatic N) is 1. The van der Waals surface area contributed by atoms with Crippen molar-refractivity contribution in [3.63, 3.8) is 0 Å². The third-order valence-corrected chi connectivity index (χ3v) is 4.24. The Hall–Kier alpha value is -1.35. The Labute approximate surface area is 121 Å². The minimum atomic E-state index is -0.171. The lowest BCUT2D eigenvalue weighted by molar-refractivity contribution is -0.134. The molecular formula is C17H25NO2. The molecule has 1 aliphatic heterocycles. The molecule has 1 aromatic rings. The summed E-state index contributed by atoms with van der Waals surface area (Å²) < 4.78 is 5.36. The summed E-state index contributed by atoms with van der Waals surface area (Å²) in [5.41, 5.74) is 1.53. The monoisotopic (exact) mass is 275 g/mol. The van der Waals surface area contributed by atoms with E-state index in [-0.39, 0.29) is 11.4 Å². The average Bonchev–Trinajstić information content (AvgIpc) is 2.82. The van der Waals surface area contributed by atoms with Crippen LogP contribution in [0.25, 0.3) is 0 Å². The molecule has 0 bridgehead atoms. The fraction of sp³-hybridized carbons (Fsp3) is 0.588. The third-order valence-electron chi connectivity index (χ3n) is 4.24. The van der Waals surface area contributed by atoms with Crippen LogP contribution in [0.2, 0.25) is 0 Å². The van der Waals surface area contributed by atoms with Gasteiger partial charge in [-0.1, -0.05) is 32.4 Å². The number of hydrogen-bond donors (Lipinski definition) is 0. The second-order valence-electron chi connectivity index (χ2n) is 5.87. The van der Waals surface area contributed by atoms with Gasteiger partial charge in [-0.3, -0.25) is 4.79 Å². The number of carbonyl (C=O) groups is 1. The number of rotatable bonds is 5. The van der Waals surface area contributed by atoms with Crippen molar-refractivity contribution in [2.45, 2.75) is 44.9 Å². The maximum Gasteiger partial charge on any atom is 0.310 e. The molecule has 1 aromatic carbocycles. The van der Waals surface area contributed by atoms with Crippen LogP contribution < -0.4 is 4.74 Å². The Bertz CT molecular complexity index is 468. The Balaban J connectivity index is 2.25. The topological polar surface area (TPSA) is 29.5 Å². The highest BCUT2D eigenvalue weighted by Crippen LogP contribution is 2.39. The average molecular weight is 275 g/mol. The zero-order valence-corrected chi connectivity index (χ0v) is 12.8. The molecule has 3 heteroatoms. The zero-order valence-electron chi connectivity index (χ0n) is 12.8. The van der Waals surface area contributed by atoms with Gasteiger partial charge in [-0.15, -0.1) is 0 Å². The summed E-state index contributed by atoms with van der Waals surface area (Å²) in [6, 6.07) is 8.11. The van der Waals surface area contributed by atoms with E-state index >= 15 is 0 Å². The fourth-order valence-corrected chi connectivity index (χ4v) is 3.24. The number of carbonyl (C=O) groups excluding carboxylic acids is 1. The number of hydrogen-bond acceptors (Lipinski definition) is 3. The number of esters is 1. The summed E-state index contributed by atoms with van der Waals surface area (Å²) in [6.45, 7) is 6.28. The molecule has 3 nitrogen and oxygen atoms in total. The van der Waals surface area contributed by atoms with Crippen LogP contribution in [0.5, 0.6) is 5.75 Å². The van der Waals surface area contributed by atoms with Gasteiger partial charge in [0.05, 0.1) is 0 Å².